The van der Waals surface area contributed by atoms with Crippen LogP contribution in [0.15, 0.2) is 41.5 Å². The van der Waals surface area contributed by atoms with Gasteiger partial charge in [0.1, 0.15) is 0 Å². The fourth-order valence-electron chi connectivity index (χ4n) is 3.03. The summed E-state index contributed by atoms with van der Waals surface area (Å²) in [7, 11) is 1.81. The van der Waals surface area contributed by atoms with E-state index in [1.807, 2.05) is 7.05 Å². The number of aromatic nitrogens is 1. The second-order valence-electron chi connectivity index (χ2n) is 5.94. The quantitative estimate of drug-likeness (QED) is 0.313. The van der Waals surface area contributed by atoms with E-state index in [0.717, 1.165) is 45.0 Å². The van der Waals surface area contributed by atoms with Gasteiger partial charge in [0.2, 0.25) is 0 Å². The second-order valence-corrected chi connectivity index (χ2v) is 5.94. The summed E-state index contributed by atoms with van der Waals surface area (Å²) in [5, 5.41) is 8.02. The van der Waals surface area contributed by atoms with Gasteiger partial charge in [-0.2, -0.15) is 0 Å². The van der Waals surface area contributed by atoms with Crippen LogP contribution < -0.4 is 10.6 Å². The van der Waals surface area contributed by atoms with E-state index in [0.29, 0.717) is 6.10 Å². The first-order valence-corrected chi connectivity index (χ1v) is 8.47. The maximum Gasteiger partial charge on any atom is 0.191 e. The minimum atomic E-state index is 0. The topological polar surface area (TPSA) is 50.6 Å². The summed E-state index contributed by atoms with van der Waals surface area (Å²) in [5.74, 6) is 0.859. The number of para-hydroxylation sites is 1. The van der Waals surface area contributed by atoms with Crippen molar-refractivity contribution < 1.29 is 4.74 Å². The highest BCUT2D eigenvalue weighted by Crippen LogP contribution is 2.15. The summed E-state index contributed by atoms with van der Waals surface area (Å²) >= 11 is 0. The van der Waals surface area contributed by atoms with Crippen molar-refractivity contribution in [2.75, 3.05) is 26.7 Å². The average molecular weight is 442 g/mol. The molecule has 1 aliphatic heterocycles. The highest BCUT2D eigenvalue weighted by Gasteiger charge is 2.15. The molecule has 5 nitrogen and oxygen atoms in total. The Morgan fingerprint density at radius 1 is 1.29 bits per heavy atom. The molecule has 1 aliphatic rings. The van der Waals surface area contributed by atoms with E-state index >= 15 is 0 Å². The largest absolute Gasteiger partial charge is 0.376 e. The zero-order chi connectivity index (χ0) is 15.9. The van der Waals surface area contributed by atoms with Crippen molar-refractivity contribution in [3.8, 4) is 0 Å². The lowest BCUT2D eigenvalue weighted by Crippen LogP contribution is -2.41. The van der Waals surface area contributed by atoms with Gasteiger partial charge in [0, 0.05) is 45.0 Å². The molecule has 0 radical (unpaired) electrons. The fourth-order valence-corrected chi connectivity index (χ4v) is 3.03. The number of hydrogen-bond acceptors (Lipinski definition) is 2. The highest BCUT2D eigenvalue weighted by atomic mass is 127. The molecule has 3 rings (SSSR count). The second kappa shape index (κ2) is 9.88. The summed E-state index contributed by atoms with van der Waals surface area (Å²) < 4.78 is 7.92. The molecule has 2 aromatic rings. The van der Waals surface area contributed by atoms with E-state index in [1.54, 1.807) is 0 Å². The standard InChI is InChI=1S/C18H26N4O.HI/c1-19-18(21-14-16-7-4-13-23-16)20-10-5-11-22-12-9-15-6-2-3-8-17(15)22;/h2-3,6,8-9,12,16H,4-5,7,10-11,13-14H2,1H3,(H2,19,20,21);1H. The molecule has 0 spiro atoms. The van der Waals surface area contributed by atoms with Crippen LogP contribution >= 0.6 is 24.0 Å². The molecule has 2 heterocycles. The van der Waals surface area contributed by atoms with Gasteiger partial charge < -0.3 is 19.9 Å². The Balaban J connectivity index is 0.00000208. The molecule has 24 heavy (non-hydrogen) atoms. The molecule has 1 unspecified atom stereocenters. The molecular formula is C18H27IN4O. The van der Waals surface area contributed by atoms with Gasteiger partial charge in [-0.05, 0) is 36.8 Å². The Morgan fingerprint density at radius 2 is 2.17 bits per heavy atom. The van der Waals surface area contributed by atoms with Crippen LogP contribution in [0.5, 0.6) is 0 Å². The van der Waals surface area contributed by atoms with Crippen molar-refractivity contribution >= 4 is 40.8 Å². The number of guanidine groups is 1. The van der Waals surface area contributed by atoms with Gasteiger partial charge in [0.05, 0.1) is 6.10 Å². The maximum absolute atomic E-state index is 5.61. The Bertz CT molecular complexity index is 649. The van der Waals surface area contributed by atoms with E-state index in [2.05, 4.69) is 56.7 Å². The summed E-state index contributed by atoms with van der Waals surface area (Å²) in [6, 6.07) is 10.7. The van der Waals surface area contributed by atoms with Crippen molar-refractivity contribution in [1.29, 1.82) is 0 Å². The lowest BCUT2D eigenvalue weighted by Gasteiger charge is -2.15. The molecule has 132 valence electrons. The van der Waals surface area contributed by atoms with Crippen LogP contribution in [0.3, 0.4) is 0 Å². The molecule has 1 aromatic heterocycles. The third-order valence-corrected chi connectivity index (χ3v) is 4.29. The van der Waals surface area contributed by atoms with Crippen LogP contribution in [0, 0.1) is 0 Å². The number of nitrogens with zero attached hydrogens (tertiary/aromatic N) is 2. The number of fused-ring (bicyclic) bond motifs is 1. The first kappa shape index (κ1) is 19.1. The maximum atomic E-state index is 5.61. The number of aliphatic imine (C=N–C) groups is 1. The molecule has 0 amide bonds. The summed E-state index contributed by atoms with van der Waals surface area (Å²) in [6.07, 6.45) is 5.86. The highest BCUT2D eigenvalue weighted by molar-refractivity contribution is 14.0. The number of rotatable bonds is 6. The molecule has 0 saturated carbocycles. The van der Waals surface area contributed by atoms with Gasteiger partial charge in [0.15, 0.2) is 5.96 Å². The van der Waals surface area contributed by atoms with Crippen LogP contribution in [-0.2, 0) is 11.3 Å². The first-order chi connectivity index (χ1) is 11.4. The molecular weight excluding hydrogens is 415 g/mol. The Kier molecular flexibility index (Phi) is 7.84. The normalized spacial score (nSPS) is 17.7. The number of aryl methyl sites for hydroxylation is 1. The van der Waals surface area contributed by atoms with E-state index in [-0.39, 0.29) is 24.0 Å². The van der Waals surface area contributed by atoms with Crippen molar-refractivity contribution in [1.82, 2.24) is 15.2 Å². The molecule has 1 atom stereocenters. The van der Waals surface area contributed by atoms with Gasteiger partial charge in [0.25, 0.3) is 0 Å². The zero-order valence-electron chi connectivity index (χ0n) is 14.2. The number of nitrogens with one attached hydrogen (secondary N) is 2. The van der Waals surface area contributed by atoms with Crippen molar-refractivity contribution in [3.63, 3.8) is 0 Å². The number of benzene rings is 1. The van der Waals surface area contributed by atoms with Crippen LogP contribution in [-0.4, -0.2) is 43.4 Å². The van der Waals surface area contributed by atoms with Gasteiger partial charge in [-0.15, -0.1) is 24.0 Å². The molecule has 0 aliphatic carbocycles. The molecule has 2 N–H and O–H groups in total. The Labute approximate surface area is 160 Å². The molecule has 0 bridgehead atoms. The van der Waals surface area contributed by atoms with E-state index < -0.39 is 0 Å². The van der Waals surface area contributed by atoms with Crippen LogP contribution in [0.1, 0.15) is 19.3 Å². The number of hydrogen-bond donors (Lipinski definition) is 2. The van der Waals surface area contributed by atoms with Crippen molar-refractivity contribution in [3.05, 3.63) is 36.5 Å². The Morgan fingerprint density at radius 3 is 2.96 bits per heavy atom. The zero-order valence-corrected chi connectivity index (χ0v) is 16.5. The SMILES string of the molecule is CN=C(NCCCn1ccc2ccccc21)NCC1CCCO1.I. The monoisotopic (exact) mass is 442 g/mol. The van der Waals surface area contributed by atoms with E-state index in [4.69, 9.17) is 4.74 Å². The number of halogens is 1. The average Bonchev–Trinajstić information content (AvgIpc) is 3.24. The van der Waals surface area contributed by atoms with E-state index in [9.17, 15) is 0 Å². The van der Waals surface area contributed by atoms with Gasteiger partial charge in [-0.3, -0.25) is 4.99 Å². The lowest BCUT2D eigenvalue weighted by molar-refractivity contribution is 0.114. The lowest BCUT2D eigenvalue weighted by atomic mass is 10.2. The minimum absolute atomic E-state index is 0. The van der Waals surface area contributed by atoms with Gasteiger partial charge in [-0.25, -0.2) is 0 Å². The smallest absolute Gasteiger partial charge is 0.191 e. The summed E-state index contributed by atoms with van der Waals surface area (Å²) in [6.45, 7) is 3.63. The van der Waals surface area contributed by atoms with Crippen molar-refractivity contribution in [2.45, 2.75) is 31.9 Å². The first-order valence-electron chi connectivity index (χ1n) is 8.47. The van der Waals surface area contributed by atoms with E-state index in [1.165, 1.54) is 17.3 Å². The van der Waals surface area contributed by atoms with Crippen molar-refractivity contribution in [2.24, 2.45) is 4.99 Å². The Hall–Kier alpha value is -1.28. The summed E-state index contributed by atoms with van der Waals surface area (Å²) in [4.78, 5) is 4.27. The molecule has 6 heteroatoms. The predicted octanol–water partition coefficient (Wildman–Crippen LogP) is 2.99. The summed E-state index contributed by atoms with van der Waals surface area (Å²) in [5.41, 5.74) is 1.30. The minimum Gasteiger partial charge on any atom is -0.376 e. The van der Waals surface area contributed by atoms with Crippen LogP contribution in [0.25, 0.3) is 10.9 Å². The fraction of sp³-hybridized carbons (Fsp3) is 0.500. The van der Waals surface area contributed by atoms with Crippen LogP contribution in [0.4, 0.5) is 0 Å². The van der Waals surface area contributed by atoms with Gasteiger partial charge >= 0.3 is 0 Å². The van der Waals surface area contributed by atoms with Gasteiger partial charge in [-0.1, -0.05) is 18.2 Å². The molecule has 1 saturated heterocycles. The third kappa shape index (κ3) is 5.11. The predicted molar refractivity (Wildman–Crippen MR) is 110 cm³/mol. The molecule has 1 aromatic carbocycles. The number of ether oxygens (including phenoxy) is 1. The molecule has 1 fully saturated rings. The third-order valence-electron chi connectivity index (χ3n) is 4.29. The van der Waals surface area contributed by atoms with Crippen LogP contribution in [0.2, 0.25) is 0 Å².